The van der Waals surface area contributed by atoms with Gasteiger partial charge < -0.3 is 15.1 Å². The average molecular weight is 229 g/mol. The molecule has 0 saturated heterocycles. The third-order valence-electron chi connectivity index (χ3n) is 2.43. The Hall–Kier alpha value is -1.36. The number of carbonyl (C=O) groups is 2. The highest BCUT2D eigenvalue weighted by molar-refractivity contribution is 6.01. The third-order valence-corrected chi connectivity index (χ3v) is 2.43. The summed E-state index contributed by atoms with van der Waals surface area (Å²) in [6, 6.07) is 0. The maximum Gasteiger partial charge on any atom is 0.331 e. The molecule has 0 rings (SSSR count). The largest absolute Gasteiger partial charge is 0.478 e. The van der Waals surface area contributed by atoms with Crippen molar-refractivity contribution >= 4 is 11.9 Å². The molecule has 1 unspecified atom stereocenters. The molecular weight excluding hydrogens is 210 g/mol. The Morgan fingerprint density at radius 1 is 1.25 bits per heavy atom. The first-order chi connectivity index (χ1) is 7.27. The molecule has 0 spiro atoms. The molecule has 5 nitrogen and oxygen atoms in total. The van der Waals surface area contributed by atoms with Crippen molar-refractivity contribution in [2.24, 2.45) is 0 Å². The highest BCUT2D eigenvalue weighted by Crippen LogP contribution is 2.07. The second-order valence-electron chi connectivity index (χ2n) is 3.92. The summed E-state index contributed by atoms with van der Waals surface area (Å²) >= 11 is 0. The van der Waals surface area contributed by atoms with Crippen LogP contribution in [0.25, 0.3) is 0 Å². The van der Waals surface area contributed by atoms with E-state index < -0.39 is 12.1 Å². The molecule has 0 aliphatic rings. The van der Waals surface area contributed by atoms with Crippen LogP contribution in [0.4, 0.5) is 0 Å². The van der Waals surface area contributed by atoms with Crippen molar-refractivity contribution in [3.63, 3.8) is 0 Å². The number of carboxylic acid groups (broad SMARTS) is 1. The summed E-state index contributed by atoms with van der Waals surface area (Å²) in [7, 11) is 1.59. The Kier molecular flexibility index (Phi) is 5.74. The Bertz CT molecular complexity index is 307. The molecule has 0 aliphatic heterocycles. The fraction of sp³-hybridized carbons (Fsp3) is 0.636. The Morgan fingerprint density at radius 2 is 1.75 bits per heavy atom. The SMILES string of the molecule is CC(C(=O)O)=C(C)C(=O)N(C)CCC(C)O. The predicted octanol–water partition coefficient (Wildman–Crippen LogP) is 0.637. The number of carboxylic acids is 1. The molecule has 0 aromatic heterocycles. The van der Waals surface area contributed by atoms with E-state index in [0.717, 1.165) is 0 Å². The third kappa shape index (κ3) is 4.44. The van der Waals surface area contributed by atoms with Crippen LogP contribution >= 0.6 is 0 Å². The zero-order valence-electron chi connectivity index (χ0n) is 10.1. The fourth-order valence-corrected chi connectivity index (χ4v) is 1.09. The van der Waals surface area contributed by atoms with E-state index in [4.69, 9.17) is 10.2 Å². The molecule has 0 fully saturated rings. The van der Waals surface area contributed by atoms with Gasteiger partial charge in [-0.1, -0.05) is 0 Å². The van der Waals surface area contributed by atoms with Crippen molar-refractivity contribution in [1.29, 1.82) is 0 Å². The number of nitrogens with zero attached hydrogens (tertiary/aromatic N) is 1. The van der Waals surface area contributed by atoms with E-state index in [0.29, 0.717) is 13.0 Å². The summed E-state index contributed by atoms with van der Waals surface area (Å²) in [5.74, 6) is -1.41. The molecule has 0 aromatic rings. The summed E-state index contributed by atoms with van der Waals surface area (Å²) in [5, 5.41) is 17.8. The second-order valence-corrected chi connectivity index (χ2v) is 3.92. The van der Waals surface area contributed by atoms with Crippen LogP contribution in [0.5, 0.6) is 0 Å². The van der Waals surface area contributed by atoms with Crippen LogP contribution in [-0.2, 0) is 9.59 Å². The minimum Gasteiger partial charge on any atom is -0.478 e. The lowest BCUT2D eigenvalue weighted by Crippen LogP contribution is -2.30. The van der Waals surface area contributed by atoms with Gasteiger partial charge in [0.25, 0.3) is 0 Å². The van der Waals surface area contributed by atoms with Gasteiger partial charge in [-0.05, 0) is 27.2 Å². The van der Waals surface area contributed by atoms with Crippen LogP contribution in [-0.4, -0.2) is 46.7 Å². The molecule has 0 saturated carbocycles. The molecule has 1 atom stereocenters. The summed E-state index contributed by atoms with van der Waals surface area (Å²) < 4.78 is 0. The summed E-state index contributed by atoms with van der Waals surface area (Å²) in [4.78, 5) is 23.8. The van der Waals surface area contributed by atoms with Crippen molar-refractivity contribution < 1.29 is 19.8 Å². The van der Waals surface area contributed by atoms with E-state index in [1.807, 2.05) is 0 Å². The monoisotopic (exact) mass is 229 g/mol. The number of carbonyl (C=O) groups excluding carboxylic acids is 1. The Balaban J connectivity index is 4.56. The number of rotatable bonds is 5. The van der Waals surface area contributed by atoms with Crippen molar-refractivity contribution in [2.75, 3.05) is 13.6 Å². The molecule has 1 amide bonds. The number of hydrogen-bond donors (Lipinski definition) is 2. The highest BCUT2D eigenvalue weighted by atomic mass is 16.4. The molecule has 2 N–H and O–H groups in total. The maximum absolute atomic E-state index is 11.7. The van der Waals surface area contributed by atoms with E-state index in [1.54, 1.807) is 14.0 Å². The van der Waals surface area contributed by atoms with Gasteiger partial charge in [0.1, 0.15) is 0 Å². The zero-order valence-corrected chi connectivity index (χ0v) is 10.1. The lowest BCUT2D eigenvalue weighted by molar-refractivity contribution is -0.133. The lowest BCUT2D eigenvalue weighted by atomic mass is 10.1. The predicted molar refractivity (Wildman–Crippen MR) is 59.9 cm³/mol. The maximum atomic E-state index is 11.7. The molecule has 0 radical (unpaired) electrons. The van der Waals surface area contributed by atoms with E-state index in [1.165, 1.54) is 18.7 Å². The number of amides is 1. The molecule has 5 heteroatoms. The van der Waals surface area contributed by atoms with Gasteiger partial charge in [-0.3, -0.25) is 4.79 Å². The van der Waals surface area contributed by atoms with Crippen LogP contribution in [0.2, 0.25) is 0 Å². The number of likely N-dealkylation sites (N-methyl/N-ethyl adjacent to an activating group) is 1. The van der Waals surface area contributed by atoms with Gasteiger partial charge >= 0.3 is 5.97 Å². The molecule has 16 heavy (non-hydrogen) atoms. The van der Waals surface area contributed by atoms with Gasteiger partial charge in [-0.2, -0.15) is 0 Å². The molecule has 0 heterocycles. The second kappa shape index (κ2) is 6.27. The molecule has 92 valence electrons. The lowest BCUT2D eigenvalue weighted by Gasteiger charge is -2.18. The van der Waals surface area contributed by atoms with Gasteiger partial charge in [0, 0.05) is 24.7 Å². The average Bonchev–Trinajstić information content (AvgIpc) is 2.22. The first kappa shape index (κ1) is 14.6. The van der Waals surface area contributed by atoms with Crippen LogP contribution in [0.1, 0.15) is 27.2 Å². The van der Waals surface area contributed by atoms with Gasteiger partial charge in [0.05, 0.1) is 6.10 Å². The topological polar surface area (TPSA) is 77.8 Å². The van der Waals surface area contributed by atoms with Crippen molar-refractivity contribution in [1.82, 2.24) is 4.90 Å². The van der Waals surface area contributed by atoms with Crippen molar-refractivity contribution in [2.45, 2.75) is 33.3 Å². The highest BCUT2D eigenvalue weighted by Gasteiger charge is 2.16. The van der Waals surface area contributed by atoms with Crippen LogP contribution in [0.15, 0.2) is 11.1 Å². The normalized spacial score (nSPS) is 14.1. The summed E-state index contributed by atoms with van der Waals surface area (Å²) in [5.41, 5.74) is 0.273. The van der Waals surface area contributed by atoms with Crippen LogP contribution in [0, 0.1) is 0 Å². The van der Waals surface area contributed by atoms with E-state index in [-0.39, 0.29) is 17.1 Å². The van der Waals surface area contributed by atoms with Gasteiger partial charge in [0.2, 0.25) is 5.91 Å². The van der Waals surface area contributed by atoms with Gasteiger partial charge in [-0.25, -0.2) is 4.79 Å². The number of aliphatic hydroxyl groups is 1. The molecule has 0 aromatic carbocycles. The van der Waals surface area contributed by atoms with Crippen LogP contribution in [0.3, 0.4) is 0 Å². The van der Waals surface area contributed by atoms with Crippen molar-refractivity contribution in [3.05, 3.63) is 11.1 Å². The minimum atomic E-state index is -1.09. The summed E-state index contributed by atoms with van der Waals surface area (Å²) in [6.07, 6.45) is 0.00172. The minimum absolute atomic E-state index is 0.0499. The smallest absolute Gasteiger partial charge is 0.331 e. The van der Waals surface area contributed by atoms with E-state index >= 15 is 0 Å². The fourth-order valence-electron chi connectivity index (χ4n) is 1.09. The van der Waals surface area contributed by atoms with Crippen LogP contribution < -0.4 is 0 Å². The molecule has 0 aliphatic carbocycles. The Morgan fingerprint density at radius 3 is 2.12 bits per heavy atom. The first-order valence-electron chi connectivity index (χ1n) is 5.11. The van der Waals surface area contributed by atoms with E-state index in [2.05, 4.69) is 0 Å². The standard InChI is InChI=1S/C11H19NO4/c1-7(13)5-6-12(4)10(14)8(2)9(3)11(15)16/h7,13H,5-6H2,1-4H3,(H,15,16). The Labute approximate surface area is 95.4 Å². The number of aliphatic hydroxyl groups excluding tert-OH is 1. The van der Waals surface area contributed by atoms with E-state index in [9.17, 15) is 9.59 Å². The quantitative estimate of drug-likeness (QED) is 0.678. The first-order valence-corrected chi connectivity index (χ1v) is 5.11. The number of aliphatic carboxylic acids is 1. The van der Waals surface area contributed by atoms with Crippen molar-refractivity contribution in [3.8, 4) is 0 Å². The zero-order chi connectivity index (χ0) is 12.9. The number of hydrogen-bond acceptors (Lipinski definition) is 3. The summed E-state index contributed by atoms with van der Waals surface area (Å²) in [6.45, 7) is 4.94. The van der Waals surface area contributed by atoms with Gasteiger partial charge in [0.15, 0.2) is 0 Å². The van der Waals surface area contributed by atoms with Gasteiger partial charge in [-0.15, -0.1) is 0 Å². The molecule has 0 bridgehead atoms. The molecular formula is C11H19NO4.